The summed E-state index contributed by atoms with van der Waals surface area (Å²) in [5.74, 6) is 0. The predicted octanol–water partition coefficient (Wildman–Crippen LogP) is 0.293. The summed E-state index contributed by atoms with van der Waals surface area (Å²) in [6.07, 6.45) is 2.28. The Bertz CT molecular complexity index is 308. The van der Waals surface area contributed by atoms with Gasteiger partial charge in [-0.25, -0.2) is 0 Å². The van der Waals surface area contributed by atoms with Gasteiger partial charge in [-0.3, -0.25) is 10.1 Å². The van der Waals surface area contributed by atoms with Crippen LogP contribution in [0, 0.1) is 15.3 Å². The Kier molecular flexibility index (Phi) is 2.41. The van der Waals surface area contributed by atoms with Gasteiger partial charge in [0.1, 0.15) is 16.4 Å². The Morgan fingerprint density at radius 2 is 2.25 bits per heavy atom. The molecule has 64 valence electrons. The lowest BCUT2D eigenvalue weighted by atomic mass is 10.3. The van der Waals surface area contributed by atoms with Crippen LogP contribution < -0.4 is 5.06 Å². The smallest absolute Gasteiger partial charge is 0.294 e. The van der Waals surface area contributed by atoms with Crippen molar-refractivity contribution in [2.75, 3.05) is 0 Å². The summed E-state index contributed by atoms with van der Waals surface area (Å²) in [7, 11) is 0. The molecule has 5 nitrogen and oxygen atoms in total. The summed E-state index contributed by atoms with van der Waals surface area (Å²) in [6, 6.07) is 0. The van der Waals surface area contributed by atoms with E-state index >= 15 is 0 Å². The zero-order valence-electron chi connectivity index (χ0n) is 5.91. The van der Waals surface area contributed by atoms with Crippen molar-refractivity contribution in [2.45, 2.75) is 0 Å². The number of nitro groups is 1. The van der Waals surface area contributed by atoms with E-state index in [0.717, 1.165) is 12.3 Å². The largest absolute Gasteiger partial charge is 0.624 e. The monoisotopic (exact) mass is 232 g/mol. The van der Waals surface area contributed by atoms with Gasteiger partial charge in [-0.15, -0.1) is 0 Å². The van der Waals surface area contributed by atoms with Gasteiger partial charge in [-0.05, 0) is 22.5 Å². The van der Waals surface area contributed by atoms with Crippen LogP contribution in [0.3, 0.4) is 0 Å². The number of nitrogens with zero attached hydrogens (tertiary/aromatic N) is 1. The number of nitrogens with one attached hydrogen (secondary N) is 1. The lowest BCUT2D eigenvalue weighted by molar-refractivity contribution is -0.744. The fraction of sp³-hybridized carbons (Fsp3) is 0. The van der Waals surface area contributed by atoms with E-state index in [1.54, 1.807) is 0 Å². The normalized spacial score (nSPS) is 23.2. The number of allylic oxidation sites excluding steroid dienone is 2. The van der Waals surface area contributed by atoms with E-state index in [9.17, 15) is 15.3 Å². The molecule has 0 aromatic rings. The van der Waals surface area contributed by atoms with Crippen LogP contribution in [0.4, 0.5) is 0 Å². The SMILES string of the molecule is C=C1C=C([N+](=O)[O-])C(Br)=C[NH+]1[O-]. The van der Waals surface area contributed by atoms with Crippen LogP contribution in [0.1, 0.15) is 0 Å². The molecule has 0 saturated heterocycles. The van der Waals surface area contributed by atoms with Crippen molar-refractivity contribution in [1.82, 2.24) is 0 Å². The molecular weight excluding hydrogens is 228 g/mol. The van der Waals surface area contributed by atoms with Gasteiger partial charge in [-0.1, -0.05) is 0 Å². The summed E-state index contributed by atoms with van der Waals surface area (Å²) in [6.45, 7) is 3.37. The molecule has 0 radical (unpaired) electrons. The van der Waals surface area contributed by atoms with Crippen molar-refractivity contribution < 1.29 is 9.99 Å². The van der Waals surface area contributed by atoms with Crippen molar-refractivity contribution in [2.24, 2.45) is 0 Å². The number of rotatable bonds is 1. The molecule has 1 aliphatic rings. The van der Waals surface area contributed by atoms with Crippen LogP contribution in [0.25, 0.3) is 0 Å². The maximum Gasteiger partial charge on any atom is 0.294 e. The average molecular weight is 233 g/mol. The van der Waals surface area contributed by atoms with Crippen molar-refractivity contribution in [3.8, 4) is 0 Å². The van der Waals surface area contributed by atoms with E-state index in [1.165, 1.54) is 0 Å². The minimum atomic E-state index is -0.571. The van der Waals surface area contributed by atoms with Gasteiger partial charge in [0.2, 0.25) is 0 Å². The molecule has 0 saturated carbocycles. The molecule has 1 unspecified atom stereocenters. The van der Waals surface area contributed by atoms with E-state index in [4.69, 9.17) is 0 Å². The topological polar surface area (TPSA) is 70.6 Å². The second-order valence-corrected chi connectivity index (χ2v) is 3.02. The van der Waals surface area contributed by atoms with Crippen molar-refractivity contribution in [3.05, 3.63) is 50.1 Å². The highest BCUT2D eigenvalue weighted by Gasteiger charge is 2.23. The molecule has 1 atom stereocenters. The molecule has 1 heterocycles. The molecule has 0 aromatic heterocycles. The molecule has 1 aliphatic heterocycles. The van der Waals surface area contributed by atoms with Crippen molar-refractivity contribution >= 4 is 15.9 Å². The standard InChI is InChI=1S/C6H5BrN2O3/c1-4-2-6(9(11)12)5(7)3-8(4)10/h2-3,8H,1H2. The number of hydrogen-bond donors (Lipinski definition) is 1. The van der Waals surface area contributed by atoms with Crippen molar-refractivity contribution in [3.63, 3.8) is 0 Å². The highest BCUT2D eigenvalue weighted by atomic mass is 79.9. The quantitative estimate of drug-likeness (QED) is 0.402. The summed E-state index contributed by atoms with van der Waals surface area (Å²) < 4.78 is 0.185. The number of hydrogen-bond acceptors (Lipinski definition) is 3. The fourth-order valence-corrected chi connectivity index (χ4v) is 1.19. The lowest BCUT2D eigenvalue weighted by Gasteiger charge is -2.19. The summed E-state index contributed by atoms with van der Waals surface area (Å²) in [5, 5.41) is 20.9. The third-order valence-electron chi connectivity index (χ3n) is 1.33. The first-order chi connectivity index (χ1) is 5.52. The molecule has 0 fully saturated rings. The zero-order valence-corrected chi connectivity index (χ0v) is 7.50. The third kappa shape index (κ3) is 1.60. The maximum absolute atomic E-state index is 10.9. The molecular formula is C6H5BrN2O3. The average Bonchev–Trinajstić information content (AvgIpc) is 1.96. The highest BCUT2D eigenvalue weighted by molar-refractivity contribution is 9.11. The minimum absolute atomic E-state index is 0.130. The van der Waals surface area contributed by atoms with Gasteiger partial charge in [0.25, 0.3) is 5.70 Å². The van der Waals surface area contributed by atoms with Gasteiger partial charge < -0.3 is 10.3 Å². The van der Waals surface area contributed by atoms with Gasteiger partial charge in [0.05, 0.1) is 11.0 Å². The van der Waals surface area contributed by atoms with Gasteiger partial charge in [0, 0.05) is 0 Å². The summed E-state index contributed by atoms with van der Waals surface area (Å²) in [4.78, 5) is 9.76. The van der Waals surface area contributed by atoms with E-state index in [0.29, 0.717) is 0 Å². The van der Waals surface area contributed by atoms with Gasteiger partial charge in [0.15, 0.2) is 0 Å². The van der Waals surface area contributed by atoms with E-state index in [-0.39, 0.29) is 20.9 Å². The Morgan fingerprint density at radius 3 is 2.75 bits per heavy atom. The van der Waals surface area contributed by atoms with Crippen LogP contribution in [-0.2, 0) is 0 Å². The second kappa shape index (κ2) is 3.18. The Morgan fingerprint density at radius 1 is 1.67 bits per heavy atom. The van der Waals surface area contributed by atoms with Crippen molar-refractivity contribution in [1.29, 1.82) is 0 Å². The third-order valence-corrected chi connectivity index (χ3v) is 1.96. The van der Waals surface area contributed by atoms with Crippen LogP contribution in [0.5, 0.6) is 0 Å². The Hall–Kier alpha value is -0.980. The molecule has 1 N–H and O–H groups in total. The van der Waals surface area contributed by atoms with Crippen LogP contribution in [0.15, 0.2) is 34.7 Å². The molecule has 6 heteroatoms. The number of hydroxylamine groups is 2. The highest BCUT2D eigenvalue weighted by Crippen LogP contribution is 2.19. The Balaban J connectivity index is 3.04. The zero-order chi connectivity index (χ0) is 9.30. The fourth-order valence-electron chi connectivity index (χ4n) is 0.727. The predicted molar refractivity (Wildman–Crippen MR) is 45.6 cm³/mol. The minimum Gasteiger partial charge on any atom is -0.624 e. The molecule has 0 amide bonds. The summed E-state index contributed by atoms with van der Waals surface area (Å²) >= 11 is 2.91. The van der Waals surface area contributed by atoms with Crippen LogP contribution in [0.2, 0.25) is 0 Å². The molecule has 0 aromatic carbocycles. The lowest BCUT2D eigenvalue weighted by Crippen LogP contribution is -3.00. The first-order valence-corrected chi connectivity index (χ1v) is 3.78. The first kappa shape index (κ1) is 9.11. The Labute approximate surface area is 76.5 Å². The molecule has 0 spiro atoms. The number of halogens is 1. The van der Waals surface area contributed by atoms with Crippen LogP contribution >= 0.6 is 15.9 Å². The van der Waals surface area contributed by atoms with Gasteiger partial charge in [-0.2, -0.15) is 0 Å². The second-order valence-electron chi connectivity index (χ2n) is 2.17. The van der Waals surface area contributed by atoms with Gasteiger partial charge >= 0.3 is 0 Å². The van der Waals surface area contributed by atoms with E-state index < -0.39 is 4.92 Å². The maximum atomic E-state index is 10.9. The molecule has 12 heavy (non-hydrogen) atoms. The number of quaternary nitrogens is 1. The van der Waals surface area contributed by atoms with E-state index in [2.05, 4.69) is 22.5 Å². The molecule has 1 rings (SSSR count). The molecule has 0 bridgehead atoms. The van der Waals surface area contributed by atoms with E-state index in [1.807, 2.05) is 0 Å². The first-order valence-electron chi connectivity index (χ1n) is 2.99. The summed E-state index contributed by atoms with van der Waals surface area (Å²) in [5.41, 5.74) is -0.00972. The van der Waals surface area contributed by atoms with Crippen LogP contribution in [-0.4, -0.2) is 4.92 Å². The molecule has 0 aliphatic carbocycles.